The molecule has 0 saturated carbocycles. The highest BCUT2D eigenvalue weighted by Gasteiger charge is 2.00. The Hall–Kier alpha value is -1.20. The first-order valence-corrected chi connectivity index (χ1v) is 5.66. The highest BCUT2D eigenvalue weighted by Crippen LogP contribution is 2.14. The zero-order chi connectivity index (χ0) is 10.7. The quantitative estimate of drug-likeness (QED) is 0.852. The first-order chi connectivity index (χ1) is 7.25. The van der Waals surface area contributed by atoms with Crippen LogP contribution in [0.1, 0.15) is 15.6 Å². The molecule has 0 amide bonds. The van der Waals surface area contributed by atoms with Gasteiger partial charge < -0.3 is 5.32 Å². The summed E-state index contributed by atoms with van der Waals surface area (Å²) >= 11 is 1.82. The summed E-state index contributed by atoms with van der Waals surface area (Å²) in [5, 5.41) is 7.36. The van der Waals surface area contributed by atoms with Crippen LogP contribution in [0, 0.1) is 6.92 Å². The Labute approximate surface area is 93.0 Å². The van der Waals surface area contributed by atoms with Crippen molar-refractivity contribution in [1.29, 1.82) is 0 Å². The van der Waals surface area contributed by atoms with Gasteiger partial charge in [0.05, 0.1) is 6.54 Å². The third-order valence-corrected chi connectivity index (χ3v) is 3.18. The van der Waals surface area contributed by atoms with Crippen LogP contribution in [0.2, 0.25) is 0 Å². The normalized spacial score (nSPS) is 10.8. The van der Waals surface area contributed by atoms with Gasteiger partial charge in [-0.1, -0.05) is 0 Å². The van der Waals surface area contributed by atoms with Crippen LogP contribution in [0.3, 0.4) is 0 Å². The summed E-state index contributed by atoms with van der Waals surface area (Å²) in [6, 6.07) is 4.30. The molecule has 5 heteroatoms. The molecule has 0 bridgehead atoms. The van der Waals surface area contributed by atoms with Gasteiger partial charge in [0.25, 0.3) is 0 Å². The van der Waals surface area contributed by atoms with E-state index in [0.29, 0.717) is 0 Å². The molecular weight excluding hydrogens is 208 g/mol. The number of nitrogens with zero attached hydrogens (tertiary/aromatic N) is 3. The van der Waals surface area contributed by atoms with Gasteiger partial charge in [0.15, 0.2) is 0 Å². The molecule has 0 unspecified atom stereocenters. The van der Waals surface area contributed by atoms with Gasteiger partial charge in [0.1, 0.15) is 12.2 Å². The monoisotopic (exact) mass is 222 g/mol. The molecule has 0 aliphatic heterocycles. The summed E-state index contributed by atoms with van der Waals surface area (Å²) in [5.74, 6) is 0.961. The molecule has 80 valence electrons. The minimum absolute atomic E-state index is 0.757. The van der Waals surface area contributed by atoms with Gasteiger partial charge in [-0.3, -0.25) is 4.68 Å². The first-order valence-electron chi connectivity index (χ1n) is 4.84. The Morgan fingerprint density at radius 3 is 2.87 bits per heavy atom. The summed E-state index contributed by atoms with van der Waals surface area (Å²) in [5.41, 5.74) is 0. The third kappa shape index (κ3) is 2.64. The second-order valence-corrected chi connectivity index (χ2v) is 4.79. The van der Waals surface area contributed by atoms with Crippen LogP contribution in [-0.4, -0.2) is 14.8 Å². The molecule has 0 aromatic carbocycles. The van der Waals surface area contributed by atoms with E-state index in [9.17, 15) is 0 Å². The van der Waals surface area contributed by atoms with Crippen molar-refractivity contribution in [2.75, 3.05) is 0 Å². The van der Waals surface area contributed by atoms with E-state index in [1.807, 2.05) is 18.4 Å². The molecule has 4 nitrogen and oxygen atoms in total. The van der Waals surface area contributed by atoms with E-state index in [4.69, 9.17) is 0 Å². The zero-order valence-electron chi connectivity index (χ0n) is 8.90. The van der Waals surface area contributed by atoms with Gasteiger partial charge in [-0.15, -0.1) is 11.3 Å². The molecule has 2 aromatic heterocycles. The van der Waals surface area contributed by atoms with Crippen molar-refractivity contribution in [2.45, 2.75) is 20.0 Å². The fourth-order valence-electron chi connectivity index (χ4n) is 1.36. The number of thiophene rings is 1. The molecule has 2 aromatic rings. The molecule has 1 N–H and O–H groups in total. The lowest BCUT2D eigenvalue weighted by Crippen LogP contribution is -2.15. The standard InChI is InChI=1S/C10H14N4S/c1-8-3-4-9(15-8)5-11-6-10-12-7-13-14(10)2/h3-4,7,11H,5-6H2,1-2H3. The van der Waals surface area contributed by atoms with E-state index in [1.165, 1.54) is 9.75 Å². The molecule has 0 saturated heterocycles. The van der Waals surface area contributed by atoms with Gasteiger partial charge in [-0.05, 0) is 19.1 Å². The number of nitrogens with one attached hydrogen (secondary N) is 1. The molecule has 0 aliphatic carbocycles. The van der Waals surface area contributed by atoms with Crippen LogP contribution < -0.4 is 5.32 Å². The topological polar surface area (TPSA) is 42.7 Å². The lowest BCUT2D eigenvalue weighted by Gasteiger charge is -2.01. The van der Waals surface area contributed by atoms with E-state index < -0.39 is 0 Å². The lowest BCUT2D eigenvalue weighted by molar-refractivity contribution is 0.617. The predicted octanol–water partition coefficient (Wildman–Crippen LogP) is 1.47. The summed E-state index contributed by atoms with van der Waals surface area (Å²) in [7, 11) is 1.90. The van der Waals surface area contributed by atoms with Crippen LogP contribution in [0.4, 0.5) is 0 Å². The molecule has 0 spiro atoms. The lowest BCUT2D eigenvalue weighted by atomic mass is 10.4. The summed E-state index contributed by atoms with van der Waals surface area (Å²) in [4.78, 5) is 6.85. The van der Waals surface area contributed by atoms with Crippen molar-refractivity contribution in [3.05, 3.63) is 34.0 Å². The molecular formula is C10H14N4S. The summed E-state index contributed by atoms with van der Waals surface area (Å²) < 4.78 is 1.78. The Morgan fingerprint density at radius 1 is 1.40 bits per heavy atom. The Bertz CT molecular complexity index is 432. The van der Waals surface area contributed by atoms with Crippen molar-refractivity contribution in [3.8, 4) is 0 Å². The number of hydrogen-bond acceptors (Lipinski definition) is 4. The van der Waals surface area contributed by atoms with Crippen LogP contribution in [0.15, 0.2) is 18.5 Å². The maximum Gasteiger partial charge on any atom is 0.140 e. The fourth-order valence-corrected chi connectivity index (χ4v) is 2.22. The molecule has 0 radical (unpaired) electrons. The highest BCUT2D eigenvalue weighted by molar-refractivity contribution is 7.11. The van der Waals surface area contributed by atoms with E-state index >= 15 is 0 Å². The van der Waals surface area contributed by atoms with E-state index in [0.717, 1.165) is 18.9 Å². The smallest absolute Gasteiger partial charge is 0.140 e. The Balaban J connectivity index is 1.83. The molecule has 15 heavy (non-hydrogen) atoms. The van der Waals surface area contributed by atoms with Crippen LogP contribution in [-0.2, 0) is 20.1 Å². The Morgan fingerprint density at radius 2 is 2.27 bits per heavy atom. The third-order valence-electron chi connectivity index (χ3n) is 2.18. The molecule has 0 aliphatic rings. The molecule has 0 atom stereocenters. The van der Waals surface area contributed by atoms with Gasteiger partial charge in [0, 0.05) is 23.3 Å². The fraction of sp³-hybridized carbons (Fsp3) is 0.400. The number of aryl methyl sites for hydroxylation is 2. The maximum atomic E-state index is 4.14. The van der Waals surface area contributed by atoms with Crippen molar-refractivity contribution in [1.82, 2.24) is 20.1 Å². The van der Waals surface area contributed by atoms with Gasteiger partial charge in [0.2, 0.25) is 0 Å². The van der Waals surface area contributed by atoms with Crippen molar-refractivity contribution in [3.63, 3.8) is 0 Å². The maximum absolute atomic E-state index is 4.14. The SMILES string of the molecule is Cc1ccc(CNCc2ncnn2C)s1. The van der Waals surface area contributed by atoms with Gasteiger partial charge in [-0.25, -0.2) is 4.98 Å². The van der Waals surface area contributed by atoms with E-state index in [-0.39, 0.29) is 0 Å². The van der Waals surface area contributed by atoms with Crippen LogP contribution >= 0.6 is 11.3 Å². The van der Waals surface area contributed by atoms with Crippen LogP contribution in [0.5, 0.6) is 0 Å². The summed E-state index contributed by atoms with van der Waals surface area (Å²) in [6.45, 7) is 3.77. The molecule has 0 fully saturated rings. The van der Waals surface area contributed by atoms with E-state index in [1.54, 1.807) is 11.0 Å². The van der Waals surface area contributed by atoms with Gasteiger partial charge in [-0.2, -0.15) is 5.10 Å². The number of hydrogen-bond donors (Lipinski definition) is 1. The second-order valence-electron chi connectivity index (χ2n) is 3.42. The molecule has 2 rings (SSSR count). The Kier molecular flexibility index (Phi) is 3.13. The largest absolute Gasteiger partial charge is 0.305 e. The first kappa shape index (κ1) is 10.3. The zero-order valence-corrected chi connectivity index (χ0v) is 9.71. The molecule has 2 heterocycles. The number of rotatable bonds is 4. The predicted molar refractivity (Wildman–Crippen MR) is 60.6 cm³/mol. The van der Waals surface area contributed by atoms with Crippen molar-refractivity contribution < 1.29 is 0 Å². The van der Waals surface area contributed by atoms with Crippen LogP contribution in [0.25, 0.3) is 0 Å². The van der Waals surface area contributed by atoms with Crippen molar-refractivity contribution in [2.24, 2.45) is 7.05 Å². The van der Waals surface area contributed by atoms with E-state index in [2.05, 4.69) is 34.5 Å². The average Bonchev–Trinajstić information content (AvgIpc) is 2.77. The second kappa shape index (κ2) is 4.55. The highest BCUT2D eigenvalue weighted by atomic mass is 32.1. The van der Waals surface area contributed by atoms with Gasteiger partial charge >= 0.3 is 0 Å². The minimum Gasteiger partial charge on any atom is -0.305 e. The average molecular weight is 222 g/mol. The minimum atomic E-state index is 0.757. The van der Waals surface area contributed by atoms with Crippen molar-refractivity contribution >= 4 is 11.3 Å². The number of aromatic nitrogens is 3. The summed E-state index contributed by atoms with van der Waals surface area (Å²) in [6.07, 6.45) is 1.58.